The van der Waals surface area contributed by atoms with E-state index in [2.05, 4.69) is 10.1 Å². The van der Waals surface area contributed by atoms with Crippen molar-refractivity contribution >= 4 is 22.3 Å². The van der Waals surface area contributed by atoms with Crippen LogP contribution in [0.5, 0.6) is 0 Å². The fourth-order valence-corrected chi connectivity index (χ4v) is 3.68. The van der Waals surface area contributed by atoms with Gasteiger partial charge in [0.15, 0.2) is 4.96 Å². The number of esters is 1. The van der Waals surface area contributed by atoms with E-state index < -0.39 is 5.97 Å². The molecule has 0 bridgehead atoms. The summed E-state index contributed by atoms with van der Waals surface area (Å²) in [7, 11) is 0. The van der Waals surface area contributed by atoms with E-state index in [-0.39, 0.29) is 18.0 Å². The Morgan fingerprint density at radius 2 is 2.00 bits per heavy atom. The van der Waals surface area contributed by atoms with E-state index in [1.165, 1.54) is 33.9 Å². The van der Waals surface area contributed by atoms with E-state index in [0.29, 0.717) is 33.3 Å². The monoisotopic (exact) mass is 398 g/mol. The Hall–Kier alpha value is -3.33. The first kappa shape index (κ1) is 18.1. The van der Waals surface area contributed by atoms with Crippen molar-refractivity contribution in [2.24, 2.45) is 0 Å². The number of ether oxygens (including phenoxy) is 1. The second kappa shape index (κ2) is 7.01. The lowest BCUT2D eigenvalue weighted by atomic mass is 10.2. The van der Waals surface area contributed by atoms with Gasteiger partial charge in [-0.25, -0.2) is 18.9 Å². The fourth-order valence-electron chi connectivity index (χ4n) is 2.95. The molecule has 0 saturated heterocycles. The van der Waals surface area contributed by atoms with Crippen LogP contribution in [0.1, 0.15) is 27.4 Å². The maximum Gasteiger partial charge on any atom is 0.342 e. The van der Waals surface area contributed by atoms with E-state index >= 15 is 0 Å². The molecule has 3 aromatic heterocycles. The van der Waals surface area contributed by atoms with Gasteiger partial charge >= 0.3 is 5.97 Å². The molecule has 1 aromatic carbocycles. The average Bonchev–Trinajstić information content (AvgIpc) is 3.25. The summed E-state index contributed by atoms with van der Waals surface area (Å²) < 4.78 is 21.5. The zero-order valence-electron chi connectivity index (χ0n) is 15.0. The van der Waals surface area contributed by atoms with E-state index in [4.69, 9.17) is 4.74 Å². The minimum atomic E-state index is -0.559. The number of benzene rings is 1. The molecule has 142 valence electrons. The van der Waals surface area contributed by atoms with Crippen molar-refractivity contribution in [2.45, 2.75) is 20.5 Å². The van der Waals surface area contributed by atoms with Gasteiger partial charge in [-0.3, -0.25) is 9.20 Å². The SMILES string of the molecule is Cc1nn(-c2ccc(F)cc2)c(C)c1C(=O)OCc1cc(=O)n2ccsc2n1. The number of hydrogen-bond donors (Lipinski definition) is 0. The molecule has 28 heavy (non-hydrogen) atoms. The van der Waals surface area contributed by atoms with Crippen molar-refractivity contribution in [1.82, 2.24) is 19.2 Å². The third kappa shape index (κ3) is 3.20. The number of carbonyl (C=O) groups excluding carboxylic acids is 1. The Kier molecular flexibility index (Phi) is 4.52. The Morgan fingerprint density at radius 1 is 1.25 bits per heavy atom. The van der Waals surface area contributed by atoms with Gasteiger partial charge in [0, 0.05) is 17.6 Å². The second-order valence-electron chi connectivity index (χ2n) is 6.15. The zero-order chi connectivity index (χ0) is 19.8. The summed E-state index contributed by atoms with van der Waals surface area (Å²) in [5, 5.41) is 6.12. The number of nitrogens with zero attached hydrogens (tertiary/aromatic N) is 4. The molecule has 4 aromatic rings. The number of fused-ring (bicyclic) bond motifs is 1. The number of halogens is 1. The van der Waals surface area contributed by atoms with Gasteiger partial charge in [-0.2, -0.15) is 5.10 Å². The second-order valence-corrected chi connectivity index (χ2v) is 7.02. The van der Waals surface area contributed by atoms with Crippen LogP contribution in [0.4, 0.5) is 4.39 Å². The molecule has 3 heterocycles. The van der Waals surface area contributed by atoms with Crippen LogP contribution in [0.2, 0.25) is 0 Å². The normalized spacial score (nSPS) is 11.1. The van der Waals surface area contributed by atoms with E-state index in [0.717, 1.165) is 0 Å². The summed E-state index contributed by atoms with van der Waals surface area (Å²) in [6.45, 7) is 3.32. The van der Waals surface area contributed by atoms with Crippen molar-refractivity contribution in [3.8, 4) is 5.69 Å². The smallest absolute Gasteiger partial charge is 0.342 e. The van der Waals surface area contributed by atoms with Crippen molar-refractivity contribution in [1.29, 1.82) is 0 Å². The lowest BCUT2D eigenvalue weighted by Crippen LogP contribution is -2.15. The number of hydrogen-bond acceptors (Lipinski definition) is 6. The van der Waals surface area contributed by atoms with Gasteiger partial charge in [0.2, 0.25) is 0 Å². The number of thiazole rings is 1. The van der Waals surface area contributed by atoms with Gasteiger partial charge in [-0.05, 0) is 38.1 Å². The first-order chi connectivity index (χ1) is 13.4. The molecule has 0 aliphatic rings. The summed E-state index contributed by atoms with van der Waals surface area (Å²) in [6.07, 6.45) is 1.64. The Morgan fingerprint density at radius 3 is 2.75 bits per heavy atom. The highest BCUT2D eigenvalue weighted by Gasteiger charge is 2.21. The van der Waals surface area contributed by atoms with Crippen LogP contribution in [0, 0.1) is 19.7 Å². The number of aryl methyl sites for hydroxylation is 1. The maximum atomic E-state index is 13.1. The van der Waals surface area contributed by atoms with Crippen LogP contribution in [-0.2, 0) is 11.3 Å². The third-order valence-corrected chi connectivity index (χ3v) is 5.03. The first-order valence-electron chi connectivity index (χ1n) is 8.39. The number of rotatable bonds is 4. The lowest BCUT2D eigenvalue weighted by molar-refractivity contribution is 0.0466. The highest BCUT2D eigenvalue weighted by Crippen LogP contribution is 2.19. The lowest BCUT2D eigenvalue weighted by Gasteiger charge is -2.06. The summed E-state index contributed by atoms with van der Waals surface area (Å²) in [6, 6.07) is 7.16. The van der Waals surface area contributed by atoms with Crippen LogP contribution >= 0.6 is 11.3 Å². The highest BCUT2D eigenvalue weighted by molar-refractivity contribution is 7.15. The molecule has 4 rings (SSSR count). The van der Waals surface area contributed by atoms with Crippen LogP contribution < -0.4 is 5.56 Å². The van der Waals surface area contributed by atoms with Crippen LogP contribution in [0.25, 0.3) is 10.6 Å². The number of carbonyl (C=O) groups is 1. The predicted molar refractivity (Wildman–Crippen MR) is 101 cm³/mol. The van der Waals surface area contributed by atoms with Gasteiger partial charge in [0.05, 0.1) is 22.8 Å². The minimum absolute atomic E-state index is 0.122. The van der Waals surface area contributed by atoms with Crippen molar-refractivity contribution in [3.63, 3.8) is 0 Å². The summed E-state index contributed by atoms with van der Waals surface area (Å²) in [4.78, 5) is 29.5. The van der Waals surface area contributed by atoms with E-state index in [1.54, 1.807) is 42.2 Å². The van der Waals surface area contributed by atoms with Gasteiger partial charge in [-0.1, -0.05) is 0 Å². The maximum absolute atomic E-state index is 13.1. The van der Waals surface area contributed by atoms with Gasteiger partial charge in [0.25, 0.3) is 5.56 Å². The van der Waals surface area contributed by atoms with Crippen LogP contribution in [0.3, 0.4) is 0 Å². The molecule has 0 aliphatic carbocycles. The molecular formula is C19H15FN4O3S. The van der Waals surface area contributed by atoms with Crippen molar-refractivity contribution < 1.29 is 13.9 Å². The molecule has 0 fully saturated rings. The molecule has 0 N–H and O–H groups in total. The van der Waals surface area contributed by atoms with Crippen molar-refractivity contribution in [3.05, 3.63) is 80.7 Å². The molecule has 0 aliphatic heterocycles. The van der Waals surface area contributed by atoms with Crippen LogP contribution in [-0.4, -0.2) is 25.1 Å². The van der Waals surface area contributed by atoms with E-state index in [1.807, 2.05) is 0 Å². The Labute approximate surface area is 162 Å². The zero-order valence-corrected chi connectivity index (χ0v) is 15.9. The van der Waals surface area contributed by atoms with Crippen molar-refractivity contribution in [2.75, 3.05) is 0 Å². The summed E-state index contributed by atoms with van der Waals surface area (Å²) in [5.74, 6) is -0.910. The van der Waals surface area contributed by atoms with Gasteiger partial charge in [0.1, 0.15) is 18.0 Å². The first-order valence-corrected chi connectivity index (χ1v) is 9.27. The molecular weight excluding hydrogens is 383 g/mol. The van der Waals surface area contributed by atoms with Gasteiger partial charge in [-0.15, -0.1) is 11.3 Å². The largest absolute Gasteiger partial charge is 0.455 e. The molecule has 0 amide bonds. The van der Waals surface area contributed by atoms with E-state index in [9.17, 15) is 14.0 Å². The summed E-state index contributed by atoms with van der Waals surface area (Å²) in [5.41, 5.74) is 2.19. The van der Waals surface area contributed by atoms with Gasteiger partial charge < -0.3 is 4.74 Å². The quantitative estimate of drug-likeness (QED) is 0.494. The Bertz CT molecular complexity index is 1240. The Balaban J connectivity index is 1.57. The van der Waals surface area contributed by atoms with Crippen LogP contribution in [0.15, 0.2) is 46.7 Å². The fraction of sp³-hybridized carbons (Fsp3) is 0.158. The number of aromatic nitrogens is 4. The third-order valence-electron chi connectivity index (χ3n) is 4.27. The molecule has 0 radical (unpaired) electrons. The molecule has 0 spiro atoms. The standard InChI is InChI=1S/C19H15FN4O3S/c1-11-17(12(2)24(22-11)15-5-3-13(20)4-6-15)18(26)27-10-14-9-16(25)23-7-8-28-19(23)21-14/h3-9H,10H2,1-2H3. The molecule has 7 nitrogen and oxygen atoms in total. The molecule has 0 atom stereocenters. The highest BCUT2D eigenvalue weighted by atomic mass is 32.1. The topological polar surface area (TPSA) is 78.5 Å². The molecule has 9 heteroatoms. The minimum Gasteiger partial charge on any atom is -0.455 e. The molecule has 0 saturated carbocycles. The summed E-state index contributed by atoms with van der Waals surface area (Å²) >= 11 is 1.32. The molecule has 0 unspecified atom stereocenters. The predicted octanol–water partition coefficient (Wildman–Crippen LogP) is 3.05. The average molecular weight is 398 g/mol.